The van der Waals surface area contributed by atoms with E-state index in [1.165, 1.54) is 23.9 Å². The fourth-order valence-corrected chi connectivity index (χ4v) is 4.41. The van der Waals surface area contributed by atoms with Crippen LogP contribution >= 0.6 is 11.8 Å². The van der Waals surface area contributed by atoms with Crippen LogP contribution in [0.25, 0.3) is 0 Å². The van der Waals surface area contributed by atoms with Crippen molar-refractivity contribution in [2.45, 2.75) is 70.5 Å². The first-order chi connectivity index (χ1) is 16.2. The van der Waals surface area contributed by atoms with Gasteiger partial charge in [-0.3, -0.25) is 4.79 Å². The maximum atomic E-state index is 13.9. The van der Waals surface area contributed by atoms with E-state index in [2.05, 4.69) is 49.3 Å². The van der Waals surface area contributed by atoms with Crippen LogP contribution in [0, 0.1) is 11.7 Å². The molecule has 1 aromatic heterocycles. The fourth-order valence-electron chi connectivity index (χ4n) is 3.54. The third-order valence-electron chi connectivity index (χ3n) is 5.28. The van der Waals surface area contributed by atoms with Crippen molar-refractivity contribution in [3.05, 3.63) is 65.7 Å². The lowest BCUT2D eigenvalue weighted by molar-refractivity contribution is -0.115. The molecule has 0 saturated heterocycles. The smallest absolute Gasteiger partial charge is 0.237 e. The number of ether oxygens (including phenoxy) is 1. The average molecular weight is 485 g/mol. The fraction of sp³-hybridized carbons (Fsp3) is 0.423. The molecule has 0 bridgehead atoms. The molecule has 0 spiro atoms. The monoisotopic (exact) mass is 484 g/mol. The minimum absolute atomic E-state index is 0.162. The Morgan fingerprint density at radius 3 is 2.38 bits per heavy atom. The zero-order valence-corrected chi connectivity index (χ0v) is 21.4. The van der Waals surface area contributed by atoms with Crippen LogP contribution in [-0.4, -0.2) is 25.9 Å². The van der Waals surface area contributed by atoms with E-state index in [9.17, 15) is 9.18 Å². The number of anilines is 1. The average Bonchev–Trinajstić information content (AvgIpc) is 3.17. The van der Waals surface area contributed by atoms with Gasteiger partial charge in [-0.1, -0.05) is 69.8 Å². The van der Waals surface area contributed by atoms with Crippen molar-refractivity contribution in [1.29, 1.82) is 0 Å². The highest BCUT2D eigenvalue weighted by atomic mass is 32.2. The summed E-state index contributed by atoms with van der Waals surface area (Å²) in [5.41, 5.74) is 1.30. The molecule has 2 aromatic carbocycles. The summed E-state index contributed by atoms with van der Waals surface area (Å²) in [5, 5.41) is 11.6. The van der Waals surface area contributed by atoms with E-state index in [4.69, 9.17) is 4.74 Å². The van der Waals surface area contributed by atoms with E-state index in [0.717, 1.165) is 11.3 Å². The van der Waals surface area contributed by atoms with Gasteiger partial charge < -0.3 is 14.6 Å². The number of para-hydroxylation sites is 2. The minimum atomic E-state index is -0.500. The molecule has 8 heteroatoms. The van der Waals surface area contributed by atoms with Gasteiger partial charge >= 0.3 is 0 Å². The summed E-state index contributed by atoms with van der Waals surface area (Å²) in [7, 11) is 0. The Morgan fingerprint density at radius 1 is 1.03 bits per heavy atom. The van der Waals surface area contributed by atoms with Gasteiger partial charge in [-0.25, -0.2) is 4.39 Å². The molecule has 3 rings (SSSR count). The van der Waals surface area contributed by atoms with Crippen LogP contribution in [0.15, 0.2) is 53.7 Å². The Balaban J connectivity index is 1.79. The van der Waals surface area contributed by atoms with E-state index in [-0.39, 0.29) is 17.7 Å². The van der Waals surface area contributed by atoms with Gasteiger partial charge in [0.15, 0.2) is 17.1 Å². The van der Waals surface area contributed by atoms with Gasteiger partial charge in [0.1, 0.15) is 11.6 Å². The van der Waals surface area contributed by atoms with Gasteiger partial charge in [-0.15, -0.1) is 10.2 Å². The van der Waals surface area contributed by atoms with Crippen LogP contribution < -0.4 is 10.1 Å². The summed E-state index contributed by atoms with van der Waals surface area (Å²) in [6, 6.07) is 14.1. The van der Waals surface area contributed by atoms with E-state index in [1.54, 1.807) is 19.1 Å². The molecule has 2 unspecified atom stereocenters. The number of benzene rings is 2. The predicted molar refractivity (Wildman–Crippen MR) is 135 cm³/mol. The highest BCUT2D eigenvalue weighted by Crippen LogP contribution is 2.32. The largest absolute Gasteiger partial charge is 0.482 e. The Bertz CT molecular complexity index is 1120. The third kappa shape index (κ3) is 6.38. The first-order valence-electron chi connectivity index (χ1n) is 11.6. The van der Waals surface area contributed by atoms with E-state index >= 15 is 0 Å². The molecule has 0 aliphatic carbocycles. The normalized spacial score (nSPS) is 13.2. The van der Waals surface area contributed by atoms with Gasteiger partial charge in [0.2, 0.25) is 5.91 Å². The van der Waals surface area contributed by atoms with Crippen LogP contribution in [0.1, 0.15) is 65.0 Å². The van der Waals surface area contributed by atoms with Crippen molar-refractivity contribution in [3.63, 3.8) is 0 Å². The van der Waals surface area contributed by atoms with Crippen molar-refractivity contribution in [3.8, 4) is 5.75 Å². The molecular formula is C26H33FN4O2S. The first-order valence-corrected chi connectivity index (χ1v) is 12.5. The van der Waals surface area contributed by atoms with Crippen molar-refractivity contribution in [1.82, 2.24) is 14.8 Å². The Labute approximate surface area is 205 Å². The van der Waals surface area contributed by atoms with Gasteiger partial charge in [0.05, 0.1) is 10.9 Å². The second-order valence-corrected chi connectivity index (χ2v) is 10.3. The summed E-state index contributed by atoms with van der Waals surface area (Å²) in [6.07, 6.45) is -0.331. The molecule has 3 aromatic rings. The number of nitrogens with zero attached hydrogens (tertiary/aromatic N) is 3. The summed E-state index contributed by atoms with van der Waals surface area (Å²) >= 11 is 1.30. The molecule has 34 heavy (non-hydrogen) atoms. The number of carbonyl (C=O) groups excluding carboxylic acids is 1. The lowest BCUT2D eigenvalue weighted by Gasteiger charge is -2.21. The Hall–Kier alpha value is -2.87. The van der Waals surface area contributed by atoms with E-state index < -0.39 is 11.1 Å². The molecule has 1 N–H and O–H groups in total. The number of carbonyl (C=O) groups is 1. The molecule has 1 amide bonds. The van der Waals surface area contributed by atoms with E-state index in [1.807, 2.05) is 29.7 Å². The van der Waals surface area contributed by atoms with Gasteiger partial charge in [0.25, 0.3) is 0 Å². The number of aromatic nitrogens is 3. The molecule has 0 aliphatic heterocycles. The number of halogens is 1. The number of nitrogens with one attached hydrogen (secondary N) is 1. The number of hydrogen-bond acceptors (Lipinski definition) is 5. The molecule has 2 atom stereocenters. The second kappa shape index (κ2) is 11.5. The Morgan fingerprint density at radius 2 is 1.71 bits per heavy atom. The second-order valence-electron chi connectivity index (χ2n) is 9.03. The summed E-state index contributed by atoms with van der Waals surface area (Å²) < 4.78 is 22.3. The zero-order valence-electron chi connectivity index (χ0n) is 20.6. The van der Waals surface area contributed by atoms with Crippen molar-refractivity contribution < 1.29 is 13.9 Å². The lowest BCUT2D eigenvalue weighted by Crippen LogP contribution is -2.24. The molecule has 6 nitrogen and oxygen atoms in total. The quantitative estimate of drug-likeness (QED) is 0.335. The number of rotatable bonds is 10. The Kier molecular flexibility index (Phi) is 8.72. The van der Waals surface area contributed by atoms with Gasteiger partial charge in [-0.05, 0) is 49.4 Å². The molecular weight excluding hydrogens is 451 g/mol. The molecule has 1 heterocycles. The van der Waals surface area contributed by atoms with Crippen LogP contribution in [0.4, 0.5) is 10.1 Å². The number of amides is 1. The molecule has 182 valence electrons. The minimum Gasteiger partial charge on any atom is -0.482 e. The molecule has 0 fully saturated rings. The molecule has 0 radical (unpaired) electrons. The van der Waals surface area contributed by atoms with Gasteiger partial charge in [0, 0.05) is 6.54 Å². The zero-order chi connectivity index (χ0) is 24.8. The van der Waals surface area contributed by atoms with Crippen LogP contribution in [0.2, 0.25) is 0 Å². The lowest BCUT2D eigenvalue weighted by atomic mass is 10.0. The highest BCUT2D eigenvalue weighted by Gasteiger charge is 2.25. The van der Waals surface area contributed by atoms with Gasteiger partial charge in [-0.2, -0.15) is 0 Å². The third-order valence-corrected chi connectivity index (χ3v) is 6.37. The van der Waals surface area contributed by atoms with Crippen LogP contribution in [-0.2, 0) is 11.3 Å². The standard InChI is InChI=1S/C26H33FN4O2S/c1-16(2)15-31-24(18(5)33-23-14-10-7-11-20(23)17(3)4)29-30-26(31)34-19(6)25(32)28-22-13-9-8-12-21(22)27/h7-14,16-19H,15H2,1-6H3,(H,28,32). The summed E-state index contributed by atoms with van der Waals surface area (Å²) in [4.78, 5) is 12.7. The van der Waals surface area contributed by atoms with Crippen molar-refractivity contribution in [2.24, 2.45) is 5.92 Å². The molecule has 0 aliphatic rings. The van der Waals surface area contributed by atoms with Crippen molar-refractivity contribution in [2.75, 3.05) is 5.32 Å². The van der Waals surface area contributed by atoms with Crippen LogP contribution in [0.5, 0.6) is 5.75 Å². The SMILES string of the molecule is CC(C)Cn1c(SC(C)C(=O)Nc2ccccc2F)nnc1C(C)Oc1ccccc1C(C)C. The highest BCUT2D eigenvalue weighted by molar-refractivity contribution is 8.00. The summed E-state index contributed by atoms with van der Waals surface area (Å²) in [5.74, 6) is 1.44. The maximum absolute atomic E-state index is 13.9. The predicted octanol–water partition coefficient (Wildman–Crippen LogP) is 6.46. The first kappa shape index (κ1) is 25.7. The number of hydrogen-bond donors (Lipinski definition) is 1. The maximum Gasteiger partial charge on any atom is 0.237 e. The van der Waals surface area contributed by atoms with Crippen molar-refractivity contribution >= 4 is 23.4 Å². The summed E-state index contributed by atoms with van der Waals surface area (Å²) in [6.45, 7) is 12.9. The molecule has 0 saturated carbocycles. The number of thioether (sulfide) groups is 1. The van der Waals surface area contributed by atoms with E-state index in [0.29, 0.717) is 29.4 Å². The van der Waals surface area contributed by atoms with Crippen LogP contribution in [0.3, 0.4) is 0 Å². The topological polar surface area (TPSA) is 69.0 Å².